The van der Waals surface area contributed by atoms with E-state index < -0.39 is 5.69 Å². The number of nitrogens with zero attached hydrogens (tertiary/aromatic N) is 2. The summed E-state index contributed by atoms with van der Waals surface area (Å²) in [6.07, 6.45) is 0.781. The zero-order valence-electron chi connectivity index (χ0n) is 17.6. The van der Waals surface area contributed by atoms with Crippen molar-refractivity contribution in [2.75, 3.05) is 5.32 Å². The van der Waals surface area contributed by atoms with Crippen LogP contribution >= 0.6 is 11.3 Å². The number of carbonyl (C=O) groups excluding carboxylic acids is 1. The lowest BCUT2D eigenvalue weighted by molar-refractivity contribution is -0.116. The molecule has 7 heteroatoms. The van der Waals surface area contributed by atoms with Crippen LogP contribution in [0.1, 0.15) is 23.6 Å². The van der Waals surface area contributed by atoms with Gasteiger partial charge >= 0.3 is 5.69 Å². The summed E-state index contributed by atoms with van der Waals surface area (Å²) in [4.78, 5) is 39.3. The molecule has 0 aliphatic rings. The van der Waals surface area contributed by atoms with E-state index in [-0.39, 0.29) is 18.0 Å². The number of carbonyl (C=O) groups is 1. The van der Waals surface area contributed by atoms with Gasteiger partial charge in [-0.3, -0.25) is 14.2 Å². The van der Waals surface area contributed by atoms with Crippen molar-refractivity contribution in [2.24, 2.45) is 0 Å². The van der Waals surface area contributed by atoms with Crippen LogP contribution in [0.5, 0.6) is 0 Å². The third-order valence-corrected chi connectivity index (χ3v) is 6.37. The van der Waals surface area contributed by atoms with E-state index in [1.807, 2.05) is 57.2 Å². The van der Waals surface area contributed by atoms with Gasteiger partial charge in [-0.05, 0) is 66.6 Å². The van der Waals surface area contributed by atoms with E-state index in [0.29, 0.717) is 15.9 Å². The molecule has 2 aromatic heterocycles. The van der Waals surface area contributed by atoms with Gasteiger partial charge in [0.25, 0.3) is 5.56 Å². The number of nitrogens with one attached hydrogen (secondary N) is 1. The summed E-state index contributed by atoms with van der Waals surface area (Å²) in [5, 5.41) is 4.66. The molecule has 31 heavy (non-hydrogen) atoms. The van der Waals surface area contributed by atoms with Crippen LogP contribution in [0, 0.1) is 13.8 Å². The van der Waals surface area contributed by atoms with Crippen molar-refractivity contribution in [3.8, 4) is 5.69 Å². The van der Waals surface area contributed by atoms with Gasteiger partial charge in [0.15, 0.2) is 0 Å². The molecule has 6 nitrogen and oxygen atoms in total. The van der Waals surface area contributed by atoms with E-state index in [4.69, 9.17) is 0 Å². The number of benzene rings is 2. The molecule has 0 spiro atoms. The minimum Gasteiger partial charge on any atom is -0.324 e. The maximum absolute atomic E-state index is 13.4. The molecule has 0 saturated carbocycles. The second kappa shape index (κ2) is 8.35. The minimum absolute atomic E-state index is 0.185. The topological polar surface area (TPSA) is 73.1 Å². The fourth-order valence-corrected chi connectivity index (χ4v) is 4.44. The number of hydrogen-bond donors (Lipinski definition) is 1. The summed E-state index contributed by atoms with van der Waals surface area (Å²) in [5.74, 6) is -0.319. The lowest BCUT2D eigenvalue weighted by atomic mass is 10.1. The first-order valence-electron chi connectivity index (χ1n) is 10.1. The van der Waals surface area contributed by atoms with Crippen molar-refractivity contribution in [1.29, 1.82) is 0 Å². The highest BCUT2D eigenvalue weighted by Crippen LogP contribution is 2.19. The second-order valence-corrected chi connectivity index (χ2v) is 8.39. The smallest absolute Gasteiger partial charge is 0.324 e. The fourth-order valence-electron chi connectivity index (χ4n) is 3.62. The zero-order valence-corrected chi connectivity index (χ0v) is 18.5. The van der Waals surface area contributed by atoms with Crippen LogP contribution < -0.4 is 16.6 Å². The van der Waals surface area contributed by atoms with Crippen LogP contribution in [0.3, 0.4) is 0 Å². The Hall–Kier alpha value is -3.45. The number of aromatic nitrogens is 2. The van der Waals surface area contributed by atoms with Crippen LogP contribution in [0.15, 0.2) is 63.5 Å². The summed E-state index contributed by atoms with van der Waals surface area (Å²) >= 11 is 1.27. The summed E-state index contributed by atoms with van der Waals surface area (Å²) in [5.41, 5.74) is 3.87. The molecule has 2 heterocycles. The van der Waals surface area contributed by atoms with E-state index >= 15 is 0 Å². The monoisotopic (exact) mass is 433 g/mol. The molecule has 1 amide bonds. The van der Waals surface area contributed by atoms with E-state index in [2.05, 4.69) is 5.32 Å². The molecule has 2 aromatic carbocycles. The fraction of sp³-hybridized carbons (Fsp3) is 0.208. The Balaban J connectivity index is 1.80. The molecule has 158 valence electrons. The molecule has 0 fully saturated rings. The Kier molecular flexibility index (Phi) is 5.61. The molecule has 0 aliphatic heterocycles. The van der Waals surface area contributed by atoms with Gasteiger partial charge in [0.05, 0.1) is 11.2 Å². The predicted octanol–water partition coefficient (Wildman–Crippen LogP) is 4.03. The van der Waals surface area contributed by atoms with Gasteiger partial charge in [-0.25, -0.2) is 9.36 Å². The highest BCUT2D eigenvalue weighted by Gasteiger charge is 2.18. The number of thiophene rings is 1. The zero-order chi connectivity index (χ0) is 22.1. The summed E-state index contributed by atoms with van der Waals surface area (Å²) in [6.45, 7) is 5.74. The standard InChI is InChI=1S/C24H23N3O3S/c1-4-17-7-5-6-8-19(17)25-21(28)14-26-20-11-12-31-22(20)23(29)27(24(26)30)18-10-9-15(2)16(3)13-18/h5-13H,4,14H2,1-3H3,(H,25,28). The first-order chi connectivity index (χ1) is 14.9. The first-order valence-corrected chi connectivity index (χ1v) is 11.0. The van der Waals surface area contributed by atoms with Crippen molar-refractivity contribution in [1.82, 2.24) is 9.13 Å². The van der Waals surface area contributed by atoms with Crippen LogP contribution in [0.4, 0.5) is 5.69 Å². The van der Waals surface area contributed by atoms with Crippen LogP contribution in [-0.2, 0) is 17.8 Å². The van der Waals surface area contributed by atoms with Crippen molar-refractivity contribution in [3.63, 3.8) is 0 Å². The van der Waals surface area contributed by atoms with Crippen molar-refractivity contribution < 1.29 is 4.79 Å². The van der Waals surface area contributed by atoms with Gasteiger partial charge in [0.1, 0.15) is 11.2 Å². The van der Waals surface area contributed by atoms with Crippen molar-refractivity contribution >= 4 is 33.1 Å². The summed E-state index contributed by atoms with van der Waals surface area (Å²) in [6, 6.07) is 14.8. The van der Waals surface area contributed by atoms with Crippen molar-refractivity contribution in [2.45, 2.75) is 33.7 Å². The van der Waals surface area contributed by atoms with Gasteiger partial charge in [0.2, 0.25) is 5.91 Å². The summed E-state index contributed by atoms with van der Waals surface area (Å²) < 4.78 is 2.96. The van der Waals surface area contributed by atoms with Gasteiger partial charge in [-0.1, -0.05) is 31.2 Å². The number of aryl methyl sites for hydroxylation is 3. The molecule has 4 rings (SSSR count). The SMILES string of the molecule is CCc1ccccc1NC(=O)Cn1c(=O)n(-c2ccc(C)c(C)c2)c(=O)c2sccc21. The Labute approximate surface area is 183 Å². The highest BCUT2D eigenvalue weighted by molar-refractivity contribution is 7.17. The van der Waals surface area contributed by atoms with E-state index in [9.17, 15) is 14.4 Å². The number of para-hydroxylation sites is 1. The van der Waals surface area contributed by atoms with E-state index in [1.54, 1.807) is 17.5 Å². The largest absolute Gasteiger partial charge is 0.336 e. The Morgan fingerprint density at radius 2 is 1.81 bits per heavy atom. The van der Waals surface area contributed by atoms with Gasteiger partial charge < -0.3 is 5.32 Å². The van der Waals surface area contributed by atoms with Crippen molar-refractivity contribution in [3.05, 3.63) is 91.4 Å². The number of amides is 1. The lowest BCUT2D eigenvalue weighted by Crippen LogP contribution is -2.40. The average Bonchev–Trinajstić information content (AvgIpc) is 3.24. The molecular formula is C24H23N3O3S. The Morgan fingerprint density at radius 3 is 2.55 bits per heavy atom. The second-order valence-electron chi connectivity index (χ2n) is 7.47. The van der Waals surface area contributed by atoms with Crippen LogP contribution in [0.25, 0.3) is 15.9 Å². The summed E-state index contributed by atoms with van der Waals surface area (Å²) in [7, 11) is 0. The third-order valence-electron chi connectivity index (χ3n) is 5.48. The molecular weight excluding hydrogens is 410 g/mol. The van der Waals surface area contributed by atoms with Crippen LogP contribution in [-0.4, -0.2) is 15.0 Å². The normalized spacial score (nSPS) is 11.1. The van der Waals surface area contributed by atoms with Gasteiger partial charge in [-0.15, -0.1) is 11.3 Å². The lowest BCUT2D eigenvalue weighted by Gasteiger charge is -2.14. The maximum atomic E-state index is 13.4. The quantitative estimate of drug-likeness (QED) is 0.516. The number of fused-ring (bicyclic) bond motifs is 1. The van der Waals surface area contributed by atoms with Gasteiger partial charge in [-0.2, -0.15) is 0 Å². The van der Waals surface area contributed by atoms with Crippen LogP contribution in [0.2, 0.25) is 0 Å². The van der Waals surface area contributed by atoms with Gasteiger partial charge in [0, 0.05) is 5.69 Å². The van der Waals surface area contributed by atoms with E-state index in [0.717, 1.165) is 33.4 Å². The molecule has 0 bridgehead atoms. The minimum atomic E-state index is -0.530. The molecule has 0 atom stereocenters. The number of hydrogen-bond acceptors (Lipinski definition) is 4. The highest BCUT2D eigenvalue weighted by atomic mass is 32.1. The molecule has 4 aromatic rings. The molecule has 0 unspecified atom stereocenters. The Morgan fingerprint density at radius 1 is 1.03 bits per heavy atom. The molecule has 0 aliphatic carbocycles. The number of rotatable bonds is 5. The maximum Gasteiger partial charge on any atom is 0.336 e. The third kappa shape index (κ3) is 3.84. The molecule has 0 saturated heterocycles. The molecule has 0 radical (unpaired) electrons. The molecule has 1 N–H and O–H groups in total. The predicted molar refractivity (Wildman–Crippen MR) is 126 cm³/mol. The van der Waals surface area contributed by atoms with E-state index in [1.165, 1.54) is 15.9 Å². The first kappa shape index (κ1) is 20.8. The number of anilines is 1. The Bertz CT molecular complexity index is 1410. The average molecular weight is 434 g/mol.